The maximum Gasteiger partial charge on any atom is 0.255 e. The van der Waals surface area contributed by atoms with Crippen LogP contribution in [0.3, 0.4) is 0 Å². The normalized spacial score (nSPS) is 18.7. The zero-order valence-electron chi connectivity index (χ0n) is 10.4. The quantitative estimate of drug-likeness (QED) is 0.849. The van der Waals surface area contributed by atoms with Crippen LogP contribution in [0.5, 0.6) is 0 Å². The lowest BCUT2D eigenvalue weighted by Crippen LogP contribution is -2.40. The van der Waals surface area contributed by atoms with Crippen molar-refractivity contribution >= 4 is 21.8 Å². The van der Waals surface area contributed by atoms with Crippen molar-refractivity contribution in [2.75, 3.05) is 13.1 Å². The molecule has 4 nitrogen and oxygen atoms in total. The van der Waals surface area contributed by atoms with Gasteiger partial charge in [0, 0.05) is 30.2 Å². The van der Waals surface area contributed by atoms with E-state index >= 15 is 0 Å². The lowest BCUT2D eigenvalue weighted by molar-refractivity contribution is 0.0691. The molecule has 98 valence electrons. The minimum Gasteiger partial charge on any atom is -0.339 e. The van der Waals surface area contributed by atoms with Gasteiger partial charge in [-0.15, -0.1) is 0 Å². The van der Waals surface area contributed by atoms with Gasteiger partial charge in [-0.25, -0.2) is 0 Å². The van der Waals surface area contributed by atoms with Crippen LogP contribution in [0.2, 0.25) is 0 Å². The van der Waals surface area contributed by atoms with E-state index in [0.717, 1.165) is 25.9 Å². The molecule has 1 saturated heterocycles. The van der Waals surface area contributed by atoms with Gasteiger partial charge < -0.3 is 9.88 Å². The number of aromatic amines is 1. The van der Waals surface area contributed by atoms with Gasteiger partial charge in [0.15, 0.2) is 0 Å². The molecule has 18 heavy (non-hydrogen) atoms. The van der Waals surface area contributed by atoms with E-state index < -0.39 is 0 Å². The van der Waals surface area contributed by atoms with Gasteiger partial charge in [0.2, 0.25) is 5.56 Å². The maximum atomic E-state index is 12.2. The van der Waals surface area contributed by atoms with E-state index in [1.165, 1.54) is 12.3 Å². The predicted molar refractivity (Wildman–Crippen MR) is 74.1 cm³/mol. The van der Waals surface area contributed by atoms with Crippen LogP contribution in [0.1, 0.15) is 30.1 Å². The van der Waals surface area contributed by atoms with Crippen LogP contribution < -0.4 is 5.56 Å². The molecule has 1 aromatic rings. The van der Waals surface area contributed by atoms with Crippen LogP contribution in [0.25, 0.3) is 0 Å². The number of aromatic nitrogens is 1. The molecule has 1 amide bonds. The Hall–Kier alpha value is -1.10. The standard InChI is InChI=1S/C13H17BrN2O2/c1-9(14)10-4-6-16(7-5-10)13(18)11-2-3-12(17)15-8-11/h2-3,8-10H,4-7H2,1H3,(H,15,17). The van der Waals surface area contributed by atoms with Gasteiger partial charge in [-0.1, -0.05) is 22.9 Å². The van der Waals surface area contributed by atoms with Crippen molar-refractivity contribution in [2.45, 2.75) is 24.6 Å². The van der Waals surface area contributed by atoms with Gasteiger partial charge in [0.25, 0.3) is 5.91 Å². The average molecular weight is 313 g/mol. The first kappa shape index (κ1) is 13.3. The molecule has 2 rings (SSSR count). The van der Waals surface area contributed by atoms with Gasteiger partial charge in [0.1, 0.15) is 0 Å². The Morgan fingerprint density at radius 1 is 1.44 bits per heavy atom. The number of rotatable bonds is 2. The van der Waals surface area contributed by atoms with Gasteiger partial charge in [0.05, 0.1) is 5.56 Å². The van der Waals surface area contributed by atoms with Crippen molar-refractivity contribution in [2.24, 2.45) is 5.92 Å². The van der Waals surface area contributed by atoms with Gasteiger partial charge in [-0.3, -0.25) is 9.59 Å². The molecule has 1 aliphatic heterocycles. The average Bonchev–Trinajstić information content (AvgIpc) is 2.39. The zero-order chi connectivity index (χ0) is 13.1. The third-order valence-electron chi connectivity index (χ3n) is 3.51. The number of hydrogen-bond donors (Lipinski definition) is 1. The SMILES string of the molecule is CC(Br)C1CCN(C(=O)c2ccc(=O)[nH]c2)CC1. The van der Waals surface area contributed by atoms with Crippen LogP contribution >= 0.6 is 15.9 Å². The first-order valence-corrected chi connectivity index (χ1v) is 7.11. The molecule has 0 bridgehead atoms. The molecule has 5 heteroatoms. The predicted octanol–water partition coefficient (Wildman–Crippen LogP) is 2.01. The molecule has 0 aromatic carbocycles. The molecule has 1 fully saturated rings. The van der Waals surface area contributed by atoms with Crippen molar-refractivity contribution in [3.8, 4) is 0 Å². The monoisotopic (exact) mass is 312 g/mol. The lowest BCUT2D eigenvalue weighted by atomic mass is 9.94. The molecule has 1 unspecified atom stereocenters. The number of H-pyrrole nitrogens is 1. The summed E-state index contributed by atoms with van der Waals surface area (Å²) in [5, 5.41) is 0. The smallest absolute Gasteiger partial charge is 0.255 e. The molecular weight excluding hydrogens is 296 g/mol. The summed E-state index contributed by atoms with van der Waals surface area (Å²) in [6, 6.07) is 2.97. The number of piperidine rings is 1. The third kappa shape index (κ3) is 3.02. The van der Waals surface area contributed by atoms with E-state index in [9.17, 15) is 9.59 Å². The van der Waals surface area contributed by atoms with Gasteiger partial charge in [-0.2, -0.15) is 0 Å². The first-order valence-electron chi connectivity index (χ1n) is 6.20. The van der Waals surface area contributed by atoms with Crippen molar-refractivity contribution in [3.63, 3.8) is 0 Å². The second-order valence-corrected chi connectivity index (χ2v) is 6.19. The summed E-state index contributed by atoms with van der Waals surface area (Å²) >= 11 is 3.60. The number of alkyl halides is 1. The molecule has 1 N–H and O–H groups in total. The summed E-state index contributed by atoms with van der Waals surface area (Å²) in [5.74, 6) is 0.650. The number of amides is 1. The first-order chi connectivity index (χ1) is 8.58. The summed E-state index contributed by atoms with van der Waals surface area (Å²) in [6.07, 6.45) is 3.55. The second kappa shape index (κ2) is 5.69. The number of carbonyl (C=O) groups excluding carboxylic acids is 1. The van der Waals surface area contributed by atoms with Crippen molar-refractivity contribution in [1.82, 2.24) is 9.88 Å². The molecule has 0 spiro atoms. The fraction of sp³-hybridized carbons (Fsp3) is 0.538. The molecular formula is C13H17BrN2O2. The highest BCUT2D eigenvalue weighted by molar-refractivity contribution is 9.09. The highest BCUT2D eigenvalue weighted by Gasteiger charge is 2.25. The second-order valence-electron chi connectivity index (χ2n) is 4.75. The Kier molecular flexibility index (Phi) is 4.22. The Labute approximate surface area is 115 Å². The number of pyridine rings is 1. The van der Waals surface area contributed by atoms with Crippen LogP contribution in [0, 0.1) is 5.92 Å². The van der Waals surface area contributed by atoms with Crippen LogP contribution in [-0.4, -0.2) is 33.7 Å². The summed E-state index contributed by atoms with van der Waals surface area (Å²) in [7, 11) is 0. The fourth-order valence-electron chi connectivity index (χ4n) is 2.29. The molecule has 0 saturated carbocycles. The zero-order valence-corrected chi connectivity index (χ0v) is 11.9. The number of carbonyl (C=O) groups is 1. The largest absolute Gasteiger partial charge is 0.339 e. The van der Waals surface area contributed by atoms with E-state index in [0.29, 0.717) is 16.3 Å². The van der Waals surface area contributed by atoms with Gasteiger partial charge >= 0.3 is 0 Å². The molecule has 1 aromatic heterocycles. The number of nitrogens with one attached hydrogen (secondary N) is 1. The number of halogens is 1. The summed E-state index contributed by atoms with van der Waals surface area (Å²) in [4.78, 5) is 28.0. The van der Waals surface area contributed by atoms with E-state index in [-0.39, 0.29) is 11.5 Å². The van der Waals surface area contributed by atoms with Crippen LogP contribution in [0.15, 0.2) is 23.1 Å². The fourth-order valence-corrected chi connectivity index (χ4v) is 2.82. The highest BCUT2D eigenvalue weighted by atomic mass is 79.9. The molecule has 0 aliphatic carbocycles. The molecule has 1 aliphatic rings. The van der Waals surface area contributed by atoms with E-state index in [1.807, 2.05) is 4.90 Å². The van der Waals surface area contributed by atoms with Crippen molar-refractivity contribution in [3.05, 3.63) is 34.2 Å². The Morgan fingerprint density at radius 2 is 2.11 bits per heavy atom. The lowest BCUT2D eigenvalue weighted by Gasteiger charge is -2.33. The summed E-state index contributed by atoms with van der Waals surface area (Å²) in [6.45, 7) is 3.74. The minimum absolute atomic E-state index is 0.00641. The Morgan fingerprint density at radius 3 is 2.61 bits per heavy atom. The van der Waals surface area contributed by atoms with Gasteiger partial charge in [-0.05, 0) is 24.8 Å². The highest BCUT2D eigenvalue weighted by Crippen LogP contribution is 2.25. The maximum absolute atomic E-state index is 12.2. The van der Waals surface area contributed by atoms with Crippen LogP contribution in [0.4, 0.5) is 0 Å². The van der Waals surface area contributed by atoms with E-state index in [2.05, 4.69) is 27.8 Å². The summed E-state index contributed by atoms with van der Waals surface area (Å²) < 4.78 is 0. The van der Waals surface area contributed by atoms with Crippen molar-refractivity contribution in [1.29, 1.82) is 0 Å². The van der Waals surface area contributed by atoms with E-state index in [1.54, 1.807) is 6.07 Å². The summed E-state index contributed by atoms with van der Waals surface area (Å²) in [5.41, 5.74) is 0.373. The van der Waals surface area contributed by atoms with E-state index in [4.69, 9.17) is 0 Å². The van der Waals surface area contributed by atoms with Crippen LogP contribution in [-0.2, 0) is 0 Å². The topological polar surface area (TPSA) is 53.2 Å². The Balaban J connectivity index is 1.99. The number of hydrogen-bond acceptors (Lipinski definition) is 2. The Bertz CT molecular complexity index is 456. The molecule has 1 atom stereocenters. The minimum atomic E-state index is -0.182. The number of nitrogens with zero attached hydrogens (tertiary/aromatic N) is 1. The number of likely N-dealkylation sites (tertiary alicyclic amines) is 1. The third-order valence-corrected chi connectivity index (χ3v) is 4.26. The molecule has 2 heterocycles. The molecule has 0 radical (unpaired) electrons. The van der Waals surface area contributed by atoms with Crippen molar-refractivity contribution < 1.29 is 4.79 Å².